The summed E-state index contributed by atoms with van der Waals surface area (Å²) in [6, 6.07) is 7.63. The number of nitrogens with zero attached hydrogens (tertiary/aromatic N) is 2. The molecule has 2 rings (SSSR count). The summed E-state index contributed by atoms with van der Waals surface area (Å²) in [5.74, 6) is -0.340. The standard InChI is InChI=1S/C14H12IN3O3/c1-9(10-4-6-16-7-5-10)17-14(19)12-8-11(18(20)21)2-3-13(12)15/h2-9H,1H3,(H,17,19). The molecule has 0 aliphatic heterocycles. The zero-order valence-corrected chi connectivity index (χ0v) is 13.3. The van der Waals surface area contributed by atoms with Gasteiger partial charge in [0, 0.05) is 28.1 Å². The zero-order valence-electron chi connectivity index (χ0n) is 11.1. The molecule has 1 unspecified atom stereocenters. The van der Waals surface area contributed by atoms with Gasteiger partial charge in [0.25, 0.3) is 11.6 Å². The van der Waals surface area contributed by atoms with Crippen LogP contribution < -0.4 is 5.32 Å². The highest BCUT2D eigenvalue weighted by Crippen LogP contribution is 2.20. The van der Waals surface area contributed by atoms with Crippen LogP contribution >= 0.6 is 22.6 Å². The Labute approximate surface area is 134 Å². The molecule has 1 aromatic carbocycles. The predicted octanol–water partition coefficient (Wildman–Crippen LogP) is 3.09. The number of hydrogen-bond donors (Lipinski definition) is 1. The fourth-order valence-corrected chi connectivity index (χ4v) is 2.39. The molecule has 0 aliphatic carbocycles. The van der Waals surface area contributed by atoms with Crippen LogP contribution in [0.2, 0.25) is 0 Å². The van der Waals surface area contributed by atoms with Crippen LogP contribution in [0.1, 0.15) is 28.9 Å². The molecule has 0 spiro atoms. The van der Waals surface area contributed by atoms with Crippen molar-refractivity contribution < 1.29 is 9.72 Å². The lowest BCUT2D eigenvalue weighted by Gasteiger charge is -2.14. The number of benzene rings is 1. The van der Waals surface area contributed by atoms with Gasteiger partial charge in [-0.3, -0.25) is 19.9 Å². The number of carbonyl (C=O) groups is 1. The van der Waals surface area contributed by atoms with Crippen molar-refractivity contribution in [2.45, 2.75) is 13.0 Å². The number of non-ortho nitro benzene ring substituents is 1. The van der Waals surface area contributed by atoms with Crippen LogP contribution in [0.5, 0.6) is 0 Å². The molecule has 1 amide bonds. The van der Waals surface area contributed by atoms with E-state index in [4.69, 9.17) is 0 Å². The Kier molecular flexibility index (Phi) is 4.84. The second kappa shape index (κ2) is 6.61. The molecular weight excluding hydrogens is 385 g/mol. The second-order valence-corrected chi connectivity index (χ2v) is 5.56. The Morgan fingerprint density at radius 3 is 2.62 bits per heavy atom. The molecule has 0 radical (unpaired) electrons. The number of aromatic nitrogens is 1. The third kappa shape index (κ3) is 3.75. The molecule has 2 aromatic rings. The molecule has 1 N–H and O–H groups in total. The SMILES string of the molecule is CC(NC(=O)c1cc([N+](=O)[O-])ccc1I)c1ccncc1. The molecule has 7 heteroatoms. The van der Waals surface area contributed by atoms with Crippen LogP contribution in [0.25, 0.3) is 0 Å². The maximum Gasteiger partial charge on any atom is 0.270 e. The van der Waals surface area contributed by atoms with Gasteiger partial charge in [0.05, 0.1) is 16.5 Å². The van der Waals surface area contributed by atoms with Crippen molar-refractivity contribution in [1.82, 2.24) is 10.3 Å². The van der Waals surface area contributed by atoms with Gasteiger partial charge in [0.15, 0.2) is 0 Å². The fraction of sp³-hybridized carbons (Fsp3) is 0.143. The predicted molar refractivity (Wildman–Crippen MR) is 85.9 cm³/mol. The van der Waals surface area contributed by atoms with E-state index in [0.717, 1.165) is 5.56 Å². The van der Waals surface area contributed by atoms with Crippen molar-refractivity contribution in [2.75, 3.05) is 0 Å². The molecule has 0 bridgehead atoms. The van der Waals surface area contributed by atoms with Gasteiger partial charge in [-0.2, -0.15) is 0 Å². The average molecular weight is 397 g/mol. The third-order valence-electron chi connectivity index (χ3n) is 2.96. The van der Waals surface area contributed by atoms with Crippen molar-refractivity contribution in [3.8, 4) is 0 Å². The van der Waals surface area contributed by atoms with Crippen LogP contribution in [0.4, 0.5) is 5.69 Å². The van der Waals surface area contributed by atoms with Crippen LogP contribution in [-0.4, -0.2) is 15.8 Å². The topological polar surface area (TPSA) is 85.1 Å². The van der Waals surface area contributed by atoms with Crippen LogP contribution in [0, 0.1) is 13.7 Å². The largest absolute Gasteiger partial charge is 0.345 e. The van der Waals surface area contributed by atoms with Gasteiger partial charge in [-0.25, -0.2) is 0 Å². The minimum atomic E-state index is -0.515. The summed E-state index contributed by atoms with van der Waals surface area (Å²) < 4.78 is 0.664. The Morgan fingerprint density at radius 2 is 2.00 bits per heavy atom. The quantitative estimate of drug-likeness (QED) is 0.488. The Hall–Kier alpha value is -2.03. The number of halogens is 1. The molecule has 108 valence electrons. The van der Waals surface area contributed by atoms with E-state index in [9.17, 15) is 14.9 Å². The molecule has 21 heavy (non-hydrogen) atoms. The Balaban J connectivity index is 2.21. The Bertz CT molecular complexity index is 676. The van der Waals surface area contributed by atoms with Gasteiger partial charge in [-0.05, 0) is 53.3 Å². The van der Waals surface area contributed by atoms with E-state index < -0.39 is 4.92 Å². The maximum absolute atomic E-state index is 12.3. The minimum absolute atomic E-state index is 0.0999. The van der Waals surface area contributed by atoms with Crippen LogP contribution in [-0.2, 0) is 0 Å². The summed E-state index contributed by atoms with van der Waals surface area (Å²) in [4.78, 5) is 26.5. The first-order chi connectivity index (χ1) is 9.99. The molecule has 0 saturated heterocycles. The van der Waals surface area contributed by atoms with Gasteiger partial charge in [-0.15, -0.1) is 0 Å². The van der Waals surface area contributed by atoms with Crippen molar-refractivity contribution in [3.63, 3.8) is 0 Å². The summed E-state index contributed by atoms with van der Waals surface area (Å²) in [7, 11) is 0. The number of hydrogen-bond acceptors (Lipinski definition) is 4. The van der Waals surface area contributed by atoms with Gasteiger partial charge in [-0.1, -0.05) is 0 Å². The fourth-order valence-electron chi connectivity index (χ4n) is 1.81. The lowest BCUT2D eigenvalue weighted by Crippen LogP contribution is -2.27. The number of nitro benzene ring substituents is 1. The number of nitrogens with one attached hydrogen (secondary N) is 1. The van der Waals surface area contributed by atoms with Gasteiger partial charge >= 0.3 is 0 Å². The first-order valence-corrected chi connectivity index (χ1v) is 7.21. The number of nitro groups is 1. The third-order valence-corrected chi connectivity index (χ3v) is 3.90. The van der Waals surface area contributed by atoms with E-state index in [0.29, 0.717) is 9.13 Å². The highest BCUT2D eigenvalue weighted by Gasteiger charge is 2.17. The van der Waals surface area contributed by atoms with Crippen molar-refractivity contribution in [1.29, 1.82) is 0 Å². The van der Waals surface area contributed by atoms with E-state index in [-0.39, 0.29) is 17.6 Å². The van der Waals surface area contributed by atoms with Crippen LogP contribution in [0.15, 0.2) is 42.7 Å². The Morgan fingerprint density at radius 1 is 1.33 bits per heavy atom. The lowest BCUT2D eigenvalue weighted by molar-refractivity contribution is -0.384. The average Bonchev–Trinajstić information content (AvgIpc) is 2.48. The van der Waals surface area contributed by atoms with Crippen molar-refractivity contribution in [2.24, 2.45) is 0 Å². The number of amides is 1. The smallest absolute Gasteiger partial charge is 0.270 e. The molecule has 6 nitrogen and oxygen atoms in total. The summed E-state index contributed by atoms with van der Waals surface area (Å²) in [5, 5.41) is 13.6. The number of carbonyl (C=O) groups excluding carboxylic acids is 1. The van der Waals surface area contributed by atoms with E-state index in [1.165, 1.54) is 12.1 Å². The van der Waals surface area contributed by atoms with E-state index in [2.05, 4.69) is 10.3 Å². The first kappa shape index (κ1) is 15.4. The summed E-state index contributed by atoms with van der Waals surface area (Å²) >= 11 is 1.98. The molecule has 1 aromatic heterocycles. The maximum atomic E-state index is 12.3. The number of rotatable bonds is 4. The van der Waals surface area contributed by atoms with Gasteiger partial charge in [0.2, 0.25) is 0 Å². The van der Waals surface area contributed by atoms with E-state index in [1.54, 1.807) is 18.5 Å². The van der Waals surface area contributed by atoms with Gasteiger partial charge in [0.1, 0.15) is 0 Å². The van der Waals surface area contributed by atoms with E-state index in [1.807, 2.05) is 41.6 Å². The zero-order chi connectivity index (χ0) is 15.4. The summed E-state index contributed by atoms with van der Waals surface area (Å²) in [5.41, 5.74) is 1.11. The second-order valence-electron chi connectivity index (χ2n) is 4.40. The number of pyridine rings is 1. The normalized spacial score (nSPS) is 11.7. The van der Waals surface area contributed by atoms with E-state index >= 15 is 0 Å². The molecule has 0 aliphatic rings. The molecule has 1 heterocycles. The first-order valence-electron chi connectivity index (χ1n) is 6.14. The molecule has 1 atom stereocenters. The molecular formula is C14H12IN3O3. The highest BCUT2D eigenvalue weighted by molar-refractivity contribution is 14.1. The minimum Gasteiger partial charge on any atom is -0.345 e. The highest BCUT2D eigenvalue weighted by atomic mass is 127. The summed E-state index contributed by atoms with van der Waals surface area (Å²) in [6.45, 7) is 1.84. The summed E-state index contributed by atoms with van der Waals surface area (Å²) in [6.07, 6.45) is 3.30. The molecule has 0 fully saturated rings. The van der Waals surface area contributed by atoms with Gasteiger partial charge < -0.3 is 5.32 Å². The monoisotopic (exact) mass is 397 g/mol. The van der Waals surface area contributed by atoms with Crippen molar-refractivity contribution >= 4 is 34.2 Å². The molecule has 0 saturated carbocycles. The van der Waals surface area contributed by atoms with Crippen LogP contribution in [0.3, 0.4) is 0 Å². The lowest BCUT2D eigenvalue weighted by atomic mass is 10.1. The van der Waals surface area contributed by atoms with Crippen molar-refractivity contribution in [3.05, 3.63) is 67.5 Å².